The Bertz CT molecular complexity index is 838. The van der Waals surface area contributed by atoms with E-state index >= 15 is 0 Å². The van der Waals surface area contributed by atoms with E-state index in [1.165, 1.54) is 18.4 Å². The minimum Gasteiger partial charge on any atom is -0.464 e. The first kappa shape index (κ1) is 11.8. The Morgan fingerprint density at radius 1 is 1.29 bits per heavy atom. The molecule has 0 fully saturated rings. The van der Waals surface area contributed by atoms with Crippen LogP contribution in [0.2, 0.25) is 0 Å². The van der Waals surface area contributed by atoms with Crippen molar-refractivity contribution in [2.75, 3.05) is 0 Å². The maximum absolute atomic E-state index is 11.6. The number of esters is 1. The highest BCUT2D eigenvalue weighted by molar-refractivity contribution is 5.89. The predicted octanol–water partition coefficient (Wildman–Crippen LogP) is 1.92. The molecule has 1 aromatic heterocycles. The van der Waals surface area contributed by atoms with Crippen LogP contribution in [0.25, 0.3) is 5.57 Å². The van der Waals surface area contributed by atoms with E-state index < -0.39 is 12.1 Å². The van der Waals surface area contributed by atoms with Gasteiger partial charge in [0.15, 0.2) is 6.10 Å². The quantitative estimate of drug-likeness (QED) is 0.447. The van der Waals surface area contributed by atoms with Gasteiger partial charge in [-0.05, 0) is 18.2 Å². The van der Waals surface area contributed by atoms with Gasteiger partial charge in [0.1, 0.15) is 16.9 Å². The number of carbonyl (C=O) groups is 1. The smallest absolute Gasteiger partial charge is 0.331 e. The molecule has 0 radical (unpaired) electrons. The molecule has 1 N–H and O–H groups in total. The van der Waals surface area contributed by atoms with Crippen molar-refractivity contribution in [2.24, 2.45) is 5.16 Å². The molecular formula is C15H9NO5. The normalized spacial score (nSPS) is 22.9. The molecule has 6 heteroatoms. The molecule has 104 valence electrons. The molecule has 1 aliphatic carbocycles. The average molecular weight is 283 g/mol. The second kappa shape index (κ2) is 4.24. The molecular weight excluding hydrogens is 274 g/mol. The van der Waals surface area contributed by atoms with Crippen LogP contribution in [0, 0.1) is 0 Å². The number of nitrogens with zero attached hydrogens (tertiary/aromatic N) is 1. The first-order valence-corrected chi connectivity index (χ1v) is 6.26. The molecule has 0 aromatic carbocycles. The standard InChI is InChI=1S/C15H9NO5/c17-11-4-3-9-13-8(2-1-6-19-13)14-12(15(9)21-11)10(16-18)5-7-20-14/h1-7,15,18H. The molecule has 21 heavy (non-hydrogen) atoms. The Hall–Kier alpha value is -3.02. The minimum atomic E-state index is -0.716. The molecule has 2 aliphatic heterocycles. The zero-order valence-electron chi connectivity index (χ0n) is 10.6. The Kier molecular flexibility index (Phi) is 2.38. The largest absolute Gasteiger partial charge is 0.464 e. The lowest BCUT2D eigenvalue weighted by Gasteiger charge is -2.31. The summed E-state index contributed by atoms with van der Waals surface area (Å²) >= 11 is 0. The molecule has 0 saturated carbocycles. The summed E-state index contributed by atoms with van der Waals surface area (Å²) in [6, 6.07) is 1.51. The van der Waals surface area contributed by atoms with Crippen LogP contribution in [0.3, 0.4) is 0 Å². The third-order valence-corrected chi connectivity index (χ3v) is 3.50. The SMILES string of the molecule is O=C1C=CC2=C3OC=CC=C3c3occc(=NO)c3C2O1. The summed E-state index contributed by atoms with van der Waals surface area (Å²) < 4.78 is 16.5. The summed E-state index contributed by atoms with van der Waals surface area (Å²) in [7, 11) is 0. The van der Waals surface area contributed by atoms with Gasteiger partial charge in [-0.3, -0.25) is 0 Å². The number of hydrogen-bond donors (Lipinski definition) is 1. The van der Waals surface area contributed by atoms with E-state index in [0.29, 0.717) is 28.2 Å². The second-order valence-corrected chi connectivity index (χ2v) is 4.61. The van der Waals surface area contributed by atoms with E-state index in [0.717, 1.165) is 0 Å². The third-order valence-electron chi connectivity index (χ3n) is 3.50. The van der Waals surface area contributed by atoms with Crippen molar-refractivity contribution < 1.29 is 23.9 Å². The molecule has 3 aliphatic rings. The summed E-state index contributed by atoms with van der Waals surface area (Å²) in [5, 5.41) is 12.7. The van der Waals surface area contributed by atoms with E-state index in [-0.39, 0.29) is 5.36 Å². The van der Waals surface area contributed by atoms with Gasteiger partial charge in [-0.1, -0.05) is 5.16 Å². The van der Waals surface area contributed by atoms with Gasteiger partial charge in [-0.2, -0.15) is 0 Å². The van der Waals surface area contributed by atoms with Gasteiger partial charge in [0, 0.05) is 17.7 Å². The topological polar surface area (TPSA) is 81.3 Å². The zero-order valence-corrected chi connectivity index (χ0v) is 10.6. The Balaban J connectivity index is 2.09. The Labute approximate surface area is 118 Å². The van der Waals surface area contributed by atoms with Crippen LogP contribution in [-0.4, -0.2) is 11.2 Å². The van der Waals surface area contributed by atoms with Crippen LogP contribution in [-0.2, 0) is 14.3 Å². The van der Waals surface area contributed by atoms with E-state index in [1.54, 1.807) is 18.4 Å². The van der Waals surface area contributed by atoms with Crippen LogP contribution in [0.1, 0.15) is 17.4 Å². The van der Waals surface area contributed by atoms with Crippen molar-refractivity contribution in [1.29, 1.82) is 0 Å². The molecule has 0 amide bonds. The van der Waals surface area contributed by atoms with E-state index in [1.807, 2.05) is 6.08 Å². The molecule has 0 bridgehead atoms. The molecule has 1 aromatic rings. The van der Waals surface area contributed by atoms with Gasteiger partial charge in [0.2, 0.25) is 0 Å². The molecule has 1 atom stereocenters. The van der Waals surface area contributed by atoms with Gasteiger partial charge >= 0.3 is 5.97 Å². The lowest BCUT2D eigenvalue weighted by molar-refractivity contribution is -0.142. The first-order chi connectivity index (χ1) is 10.3. The van der Waals surface area contributed by atoms with E-state index in [9.17, 15) is 10.0 Å². The lowest BCUT2D eigenvalue weighted by Crippen LogP contribution is -2.28. The summed E-state index contributed by atoms with van der Waals surface area (Å²) in [6.07, 6.45) is 8.78. The molecule has 0 saturated heterocycles. The van der Waals surface area contributed by atoms with Crippen LogP contribution in [0.5, 0.6) is 0 Å². The fourth-order valence-corrected chi connectivity index (χ4v) is 2.64. The van der Waals surface area contributed by atoms with Gasteiger partial charge in [-0.25, -0.2) is 4.79 Å². The lowest BCUT2D eigenvalue weighted by atomic mass is 9.86. The van der Waals surface area contributed by atoms with Gasteiger partial charge < -0.3 is 19.1 Å². The fraction of sp³-hybridized carbons (Fsp3) is 0.0667. The molecule has 0 spiro atoms. The molecule has 4 rings (SSSR count). The minimum absolute atomic E-state index is 0.288. The summed E-state index contributed by atoms with van der Waals surface area (Å²) in [5.74, 6) is 0.556. The fourth-order valence-electron chi connectivity index (χ4n) is 2.64. The summed E-state index contributed by atoms with van der Waals surface area (Å²) in [6.45, 7) is 0. The number of hydrogen-bond acceptors (Lipinski definition) is 6. The number of allylic oxidation sites excluding steroid dienone is 3. The molecule has 6 nitrogen and oxygen atoms in total. The van der Waals surface area contributed by atoms with Crippen molar-refractivity contribution in [3.63, 3.8) is 0 Å². The summed E-state index contributed by atoms with van der Waals surface area (Å²) in [5.41, 5.74) is 1.90. The van der Waals surface area contributed by atoms with Crippen molar-refractivity contribution >= 4 is 11.5 Å². The summed E-state index contributed by atoms with van der Waals surface area (Å²) in [4.78, 5) is 11.6. The number of fused-ring (bicyclic) bond motifs is 5. The van der Waals surface area contributed by atoms with Gasteiger partial charge in [0.25, 0.3) is 0 Å². The zero-order chi connectivity index (χ0) is 14.4. The highest BCUT2D eigenvalue weighted by Gasteiger charge is 2.38. The van der Waals surface area contributed by atoms with Gasteiger partial charge in [0.05, 0.1) is 23.7 Å². The second-order valence-electron chi connectivity index (χ2n) is 4.61. The van der Waals surface area contributed by atoms with E-state index in [4.69, 9.17) is 13.9 Å². The van der Waals surface area contributed by atoms with Crippen molar-refractivity contribution in [3.05, 3.63) is 70.9 Å². The van der Waals surface area contributed by atoms with Crippen LogP contribution >= 0.6 is 0 Å². The average Bonchev–Trinajstić information content (AvgIpc) is 2.54. The highest BCUT2D eigenvalue weighted by Crippen LogP contribution is 2.45. The molecule has 1 unspecified atom stereocenters. The van der Waals surface area contributed by atoms with Crippen LogP contribution in [0.15, 0.2) is 63.8 Å². The first-order valence-electron chi connectivity index (χ1n) is 6.26. The van der Waals surface area contributed by atoms with Crippen LogP contribution < -0.4 is 5.36 Å². The Morgan fingerprint density at radius 2 is 2.19 bits per heavy atom. The molecule has 3 heterocycles. The van der Waals surface area contributed by atoms with Gasteiger partial charge in [-0.15, -0.1) is 0 Å². The number of carbonyl (C=O) groups excluding carboxylic acids is 1. The maximum Gasteiger partial charge on any atom is 0.331 e. The van der Waals surface area contributed by atoms with Crippen molar-refractivity contribution in [3.8, 4) is 0 Å². The maximum atomic E-state index is 11.6. The third kappa shape index (κ3) is 1.59. The predicted molar refractivity (Wildman–Crippen MR) is 69.3 cm³/mol. The van der Waals surface area contributed by atoms with E-state index in [2.05, 4.69) is 5.16 Å². The Morgan fingerprint density at radius 3 is 3.05 bits per heavy atom. The van der Waals surface area contributed by atoms with Crippen molar-refractivity contribution in [1.82, 2.24) is 0 Å². The highest BCUT2D eigenvalue weighted by atomic mass is 16.5. The number of rotatable bonds is 0. The monoisotopic (exact) mass is 283 g/mol. The van der Waals surface area contributed by atoms with Crippen LogP contribution in [0.4, 0.5) is 0 Å². The van der Waals surface area contributed by atoms with Crippen molar-refractivity contribution in [2.45, 2.75) is 6.10 Å². The number of ether oxygens (including phenoxy) is 2.